The van der Waals surface area contributed by atoms with E-state index < -0.39 is 21.9 Å². The number of aliphatic hydroxyl groups excluding tert-OH is 1. The maximum atomic E-state index is 11.7. The summed E-state index contributed by atoms with van der Waals surface area (Å²) in [5.41, 5.74) is -0.488. The molecule has 0 saturated heterocycles. The lowest BCUT2D eigenvalue weighted by Gasteiger charge is -2.25. The van der Waals surface area contributed by atoms with Gasteiger partial charge in [-0.25, -0.2) is 0 Å². The van der Waals surface area contributed by atoms with Crippen molar-refractivity contribution >= 4 is 10.2 Å². The smallest absolute Gasteiger partial charge is 0.279 e. The number of hydrogen-bond acceptors (Lipinski definition) is 3. The first kappa shape index (κ1) is 14.8. The van der Waals surface area contributed by atoms with E-state index in [1.807, 2.05) is 0 Å². The van der Waals surface area contributed by atoms with Crippen molar-refractivity contribution in [1.29, 1.82) is 0 Å². The van der Waals surface area contributed by atoms with E-state index >= 15 is 0 Å². The lowest BCUT2D eigenvalue weighted by atomic mass is 10.1. The maximum absolute atomic E-state index is 11.7. The molecule has 92 valence electrons. The fourth-order valence-electron chi connectivity index (χ4n) is 0.954. The lowest BCUT2D eigenvalue weighted by molar-refractivity contribution is 0.177. The van der Waals surface area contributed by atoms with E-state index in [4.69, 9.17) is 5.11 Å². The number of nitrogens with zero attached hydrogens (tertiary/aromatic N) is 1. The fourth-order valence-corrected chi connectivity index (χ4v) is 2.23. The van der Waals surface area contributed by atoms with Gasteiger partial charge in [0.1, 0.15) is 0 Å². The second-order valence-electron chi connectivity index (χ2n) is 4.82. The first-order valence-electron chi connectivity index (χ1n) is 4.98. The molecule has 0 fully saturated rings. The van der Waals surface area contributed by atoms with E-state index in [9.17, 15) is 8.42 Å². The lowest BCUT2D eigenvalue weighted by Crippen LogP contribution is -2.48. The minimum Gasteiger partial charge on any atom is -0.393 e. The summed E-state index contributed by atoms with van der Waals surface area (Å²) in [4.78, 5) is 0. The molecule has 5 nitrogen and oxygen atoms in total. The van der Waals surface area contributed by atoms with Crippen LogP contribution in [0.5, 0.6) is 0 Å². The summed E-state index contributed by atoms with van der Waals surface area (Å²) in [5.74, 6) is 0. The van der Waals surface area contributed by atoms with Crippen LogP contribution in [0.4, 0.5) is 0 Å². The summed E-state index contributed by atoms with van der Waals surface area (Å²) >= 11 is 0. The van der Waals surface area contributed by atoms with Crippen molar-refractivity contribution < 1.29 is 13.5 Å². The predicted molar refractivity (Wildman–Crippen MR) is 60.7 cm³/mol. The Bertz CT molecular complexity index is 280. The third kappa shape index (κ3) is 6.83. The molecule has 0 saturated carbocycles. The van der Waals surface area contributed by atoms with Crippen LogP contribution < -0.4 is 4.72 Å². The quantitative estimate of drug-likeness (QED) is 0.725. The molecule has 6 heteroatoms. The van der Waals surface area contributed by atoms with Crippen LogP contribution in [-0.4, -0.2) is 43.1 Å². The molecule has 0 radical (unpaired) electrons. The molecule has 1 unspecified atom stereocenters. The van der Waals surface area contributed by atoms with E-state index in [1.165, 1.54) is 11.4 Å². The summed E-state index contributed by atoms with van der Waals surface area (Å²) in [6.45, 7) is 7.30. The molecular weight excluding hydrogens is 216 g/mol. The zero-order valence-corrected chi connectivity index (χ0v) is 10.9. The SMILES string of the molecule is CC(O)CCN(C)S(=O)(=O)NC(C)(C)C. The van der Waals surface area contributed by atoms with Crippen molar-refractivity contribution in [3.8, 4) is 0 Å². The highest BCUT2D eigenvalue weighted by molar-refractivity contribution is 7.87. The Kier molecular flexibility index (Phi) is 5.19. The molecule has 0 amide bonds. The van der Waals surface area contributed by atoms with Crippen molar-refractivity contribution in [1.82, 2.24) is 9.03 Å². The Hall–Kier alpha value is -0.170. The average molecular weight is 238 g/mol. The number of rotatable bonds is 5. The van der Waals surface area contributed by atoms with Gasteiger partial charge in [-0.15, -0.1) is 0 Å². The Balaban J connectivity index is 4.34. The van der Waals surface area contributed by atoms with Gasteiger partial charge in [-0.1, -0.05) is 0 Å². The molecular formula is C9H22N2O3S. The maximum Gasteiger partial charge on any atom is 0.279 e. The van der Waals surface area contributed by atoms with Crippen molar-refractivity contribution in [3.63, 3.8) is 0 Å². The molecule has 2 N–H and O–H groups in total. The molecule has 0 bridgehead atoms. The minimum absolute atomic E-state index is 0.309. The molecule has 0 rings (SSSR count). The molecule has 1 atom stereocenters. The normalized spacial score (nSPS) is 15.7. The number of aliphatic hydroxyl groups is 1. The standard InChI is InChI=1S/C9H22N2O3S/c1-8(12)6-7-11(5)15(13,14)10-9(2,3)4/h8,10,12H,6-7H2,1-5H3. The third-order valence-corrected chi connectivity index (χ3v) is 3.58. The molecule has 0 aliphatic rings. The molecule has 0 aliphatic heterocycles. The van der Waals surface area contributed by atoms with Crippen LogP contribution in [0.25, 0.3) is 0 Å². The van der Waals surface area contributed by atoms with Crippen LogP contribution in [0, 0.1) is 0 Å². The topological polar surface area (TPSA) is 69.6 Å². The van der Waals surface area contributed by atoms with Gasteiger partial charge in [0.15, 0.2) is 0 Å². The molecule has 0 aromatic heterocycles. The molecule has 0 spiro atoms. The first-order valence-corrected chi connectivity index (χ1v) is 6.42. The monoisotopic (exact) mass is 238 g/mol. The van der Waals surface area contributed by atoms with E-state index in [0.717, 1.165) is 0 Å². The van der Waals surface area contributed by atoms with Gasteiger partial charge in [0.05, 0.1) is 6.10 Å². The molecule has 15 heavy (non-hydrogen) atoms. The van der Waals surface area contributed by atoms with Gasteiger partial charge in [-0.2, -0.15) is 17.4 Å². The Morgan fingerprint density at radius 3 is 2.20 bits per heavy atom. The Morgan fingerprint density at radius 1 is 1.40 bits per heavy atom. The number of hydrogen-bond donors (Lipinski definition) is 2. The van der Waals surface area contributed by atoms with Gasteiger partial charge in [0.25, 0.3) is 10.2 Å². The van der Waals surface area contributed by atoms with Crippen molar-refractivity contribution in [2.75, 3.05) is 13.6 Å². The first-order chi connectivity index (χ1) is 6.54. The van der Waals surface area contributed by atoms with Crippen LogP contribution in [-0.2, 0) is 10.2 Å². The van der Waals surface area contributed by atoms with Gasteiger partial charge in [0, 0.05) is 19.1 Å². The highest BCUT2D eigenvalue weighted by Gasteiger charge is 2.23. The molecule has 0 heterocycles. The molecule has 0 aromatic carbocycles. The van der Waals surface area contributed by atoms with Crippen molar-refractivity contribution in [3.05, 3.63) is 0 Å². The van der Waals surface area contributed by atoms with Gasteiger partial charge in [0.2, 0.25) is 0 Å². The average Bonchev–Trinajstić information content (AvgIpc) is 1.94. The van der Waals surface area contributed by atoms with Crippen LogP contribution in [0.15, 0.2) is 0 Å². The van der Waals surface area contributed by atoms with E-state index in [2.05, 4.69) is 4.72 Å². The zero-order chi connectivity index (χ0) is 12.3. The largest absolute Gasteiger partial charge is 0.393 e. The van der Waals surface area contributed by atoms with Gasteiger partial charge >= 0.3 is 0 Å². The summed E-state index contributed by atoms with van der Waals surface area (Å²) in [5, 5.41) is 9.06. The summed E-state index contributed by atoms with van der Waals surface area (Å²) in [6.07, 6.45) is -0.0565. The van der Waals surface area contributed by atoms with Crippen LogP contribution in [0.3, 0.4) is 0 Å². The van der Waals surface area contributed by atoms with Crippen LogP contribution in [0.1, 0.15) is 34.1 Å². The summed E-state index contributed by atoms with van der Waals surface area (Å²) < 4.78 is 27.1. The van der Waals surface area contributed by atoms with Crippen LogP contribution in [0.2, 0.25) is 0 Å². The van der Waals surface area contributed by atoms with E-state index in [-0.39, 0.29) is 0 Å². The van der Waals surface area contributed by atoms with E-state index in [0.29, 0.717) is 13.0 Å². The third-order valence-electron chi connectivity index (χ3n) is 1.71. The van der Waals surface area contributed by atoms with Crippen molar-refractivity contribution in [2.45, 2.75) is 45.8 Å². The zero-order valence-electron chi connectivity index (χ0n) is 10.1. The molecule has 0 aromatic rings. The summed E-state index contributed by atoms with van der Waals surface area (Å²) in [7, 11) is -1.94. The van der Waals surface area contributed by atoms with E-state index in [1.54, 1.807) is 27.7 Å². The predicted octanol–water partition coefficient (Wildman–Crippen LogP) is 0.322. The Morgan fingerprint density at radius 2 is 1.87 bits per heavy atom. The van der Waals surface area contributed by atoms with Gasteiger partial charge < -0.3 is 5.11 Å². The summed E-state index contributed by atoms with van der Waals surface area (Å²) in [6, 6.07) is 0. The Labute approximate surface area is 92.7 Å². The second kappa shape index (κ2) is 5.25. The molecule has 0 aliphatic carbocycles. The van der Waals surface area contributed by atoms with Crippen molar-refractivity contribution in [2.24, 2.45) is 0 Å². The fraction of sp³-hybridized carbons (Fsp3) is 1.00. The van der Waals surface area contributed by atoms with Gasteiger partial charge in [-0.05, 0) is 34.1 Å². The van der Waals surface area contributed by atoms with Crippen LogP contribution >= 0.6 is 0 Å². The highest BCUT2D eigenvalue weighted by atomic mass is 32.2. The second-order valence-corrected chi connectivity index (χ2v) is 6.59. The number of nitrogens with one attached hydrogen (secondary N) is 1. The van der Waals surface area contributed by atoms with Gasteiger partial charge in [-0.3, -0.25) is 0 Å². The highest BCUT2D eigenvalue weighted by Crippen LogP contribution is 2.05. The minimum atomic E-state index is -3.44.